The third kappa shape index (κ3) is 3.98. The minimum Gasteiger partial charge on any atom is -0.394 e. The Morgan fingerprint density at radius 3 is 2.48 bits per heavy atom. The molecule has 0 amide bonds. The van der Waals surface area contributed by atoms with Crippen molar-refractivity contribution in [2.75, 3.05) is 6.61 Å². The van der Waals surface area contributed by atoms with Gasteiger partial charge < -0.3 is 25.2 Å². The number of ether oxygens (including phenoxy) is 1. The minimum atomic E-state index is -1.29. The van der Waals surface area contributed by atoms with Crippen LogP contribution in [-0.2, 0) is 11.3 Å². The van der Waals surface area contributed by atoms with Crippen LogP contribution in [0.2, 0.25) is 0 Å². The molecule has 1 saturated heterocycles. The van der Waals surface area contributed by atoms with Crippen LogP contribution in [0.5, 0.6) is 0 Å². The van der Waals surface area contributed by atoms with Gasteiger partial charge in [-0.15, -0.1) is 5.10 Å². The number of aliphatic hydroxyl groups is 4. The van der Waals surface area contributed by atoms with Crippen molar-refractivity contribution in [2.45, 2.75) is 63.3 Å². The Bertz CT molecular complexity index is 439. The molecule has 0 radical (unpaired) electrons. The monoisotopic (exact) mass is 301 g/mol. The molecule has 5 atom stereocenters. The number of hydrogen-bond acceptors (Lipinski definition) is 7. The second-order valence-electron chi connectivity index (χ2n) is 5.49. The summed E-state index contributed by atoms with van der Waals surface area (Å²) < 4.78 is 7.19. The highest BCUT2D eigenvalue weighted by Gasteiger charge is 2.42. The third-order valence-electron chi connectivity index (χ3n) is 3.77. The summed E-state index contributed by atoms with van der Waals surface area (Å²) in [5, 5.41) is 46.2. The maximum atomic E-state index is 9.90. The van der Waals surface area contributed by atoms with Crippen molar-refractivity contribution in [3.8, 4) is 0 Å². The lowest BCUT2D eigenvalue weighted by Gasteiger charge is -2.40. The van der Waals surface area contributed by atoms with Crippen molar-refractivity contribution < 1.29 is 25.2 Å². The van der Waals surface area contributed by atoms with Crippen molar-refractivity contribution in [1.29, 1.82) is 0 Å². The van der Waals surface area contributed by atoms with Crippen molar-refractivity contribution in [2.24, 2.45) is 0 Å². The number of aromatic nitrogens is 3. The zero-order valence-electron chi connectivity index (χ0n) is 12.0. The smallest absolute Gasteiger partial charge is 0.111 e. The molecule has 8 nitrogen and oxygen atoms in total. The van der Waals surface area contributed by atoms with E-state index in [2.05, 4.69) is 10.3 Å². The van der Waals surface area contributed by atoms with E-state index in [9.17, 15) is 15.3 Å². The lowest BCUT2D eigenvalue weighted by molar-refractivity contribution is -0.230. The van der Waals surface area contributed by atoms with E-state index in [-0.39, 0.29) is 6.61 Å². The molecular formula is C13H23N3O5. The molecule has 1 aliphatic rings. The topological polar surface area (TPSA) is 121 Å². The summed E-state index contributed by atoms with van der Waals surface area (Å²) in [7, 11) is 0. The van der Waals surface area contributed by atoms with Gasteiger partial charge in [-0.2, -0.15) is 0 Å². The van der Waals surface area contributed by atoms with Crippen LogP contribution in [0.4, 0.5) is 0 Å². The van der Waals surface area contributed by atoms with Gasteiger partial charge in [0.25, 0.3) is 0 Å². The average molecular weight is 301 g/mol. The summed E-state index contributed by atoms with van der Waals surface area (Å²) in [6, 6.07) is 0. The summed E-state index contributed by atoms with van der Waals surface area (Å²) in [4.78, 5) is 0. The molecule has 1 aromatic rings. The fourth-order valence-electron chi connectivity index (χ4n) is 2.54. The van der Waals surface area contributed by atoms with Crippen LogP contribution in [0.25, 0.3) is 0 Å². The zero-order valence-corrected chi connectivity index (χ0v) is 12.0. The molecule has 120 valence electrons. The van der Waals surface area contributed by atoms with Crippen LogP contribution in [-0.4, -0.2) is 72.5 Å². The summed E-state index contributed by atoms with van der Waals surface area (Å²) in [5.74, 6) is 0. The number of hydrogen-bond donors (Lipinski definition) is 4. The van der Waals surface area contributed by atoms with Crippen LogP contribution in [0.3, 0.4) is 0 Å². The first-order valence-corrected chi connectivity index (χ1v) is 7.20. The highest BCUT2D eigenvalue weighted by molar-refractivity contribution is 4.91. The normalized spacial score (nSPS) is 33.3. The molecule has 1 fully saturated rings. The van der Waals surface area contributed by atoms with Gasteiger partial charge in [0.05, 0.1) is 18.4 Å². The lowest BCUT2D eigenvalue weighted by atomic mass is 9.92. The SMILES string of the molecule is Cc1cn(CCCCC2OC(CO)C(O)C(O)C2O)nn1. The van der Waals surface area contributed by atoms with Crippen molar-refractivity contribution in [3.05, 3.63) is 11.9 Å². The summed E-state index contributed by atoms with van der Waals surface area (Å²) in [6.45, 7) is 2.20. The molecule has 0 aliphatic carbocycles. The van der Waals surface area contributed by atoms with Gasteiger partial charge in [-0.3, -0.25) is 4.68 Å². The van der Waals surface area contributed by atoms with E-state index < -0.39 is 30.5 Å². The largest absolute Gasteiger partial charge is 0.394 e. The molecular weight excluding hydrogens is 278 g/mol. The Kier molecular flexibility index (Phi) is 5.65. The summed E-state index contributed by atoms with van der Waals surface area (Å²) >= 11 is 0. The highest BCUT2D eigenvalue weighted by Crippen LogP contribution is 2.24. The molecule has 4 N–H and O–H groups in total. The van der Waals surface area contributed by atoms with Crippen LogP contribution in [0.1, 0.15) is 25.0 Å². The van der Waals surface area contributed by atoms with E-state index in [1.807, 2.05) is 13.1 Å². The van der Waals surface area contributed by atoms with Gasteiger partial charge in [-0.25, -0.2) is 0 Å². The van der Waals surface area contributed by atoms with Crippen LogP contribution < -0.4 is 0 Å². The maximum absolute atomic E-state index is 9.90. The van der Waals surface area contributed by atoms with E-state index in [0.29, 0.717) is 6.42 Å². The molecule has 2 heterocycles. The molecule has 0 spiro atoms. The number of unbranched alkanes of at least 4 members (excludes halogenated alkanes) is 1. The van der Waals surface area contributed by atoms with Gasteiger partial charge in [0.2, 0.25) is 0 Å². The van der Waals surface area contributed by atoms with E-state index in [1.165, 1.54) is 0 Å². The first-order chi connectivity index (χ1) is 10.0. The predicted octanol–water partition coefficient (Wildman–Crippen LogP) is -1.40. The molecule has 0 saturated carbocycles. The van der Waals surface area contributed by atoms with Crippen molar-refractivity contribution in [1.82, 2.24) is 15.0 Å². The highest BCUT2D eigenvalue weighted by atomic mass is 16.5. The Hall–Kier alpha value is -1.06. The van der Waals surface area contributed by atoms with Crippen molar-refractivity contribution >= 4 is 0 Å². The average Bonchev–Trinajstić information content (AvgIpc) is 2.89. The van der Waals surface area contributed by atoms with Gasteiger partial charge >= 0.3 is 0 Å². The Labute approximate surface area is 123 Å². The van der Waals surface area contributed by atoms with E-state index >= 15 is 0 Å². The summed E-state index contributed by atoms with van der Waals surface area (Å²) in [5.41, 5.74) is 0.865. The second-order valence-corrected chi connectivity index (χ2v) is 5.49. The summed E-state index contributed by atoms with van der Waals surface area (Å²) in [6.07, 6.45) is -1.15. The van der Waals surface area contributed by atoms with Gasteiger partial charge in [0.1, 0.15) is 24.4 Å². The van der Waals surface area contributed by atoms with E-state index in [4.69, 9.17) is 9.84 Å². The quantitative estimate of drug-likeness (QED) is 0.477. The van der Waals surface area contributed by atoms with Gasteiger partial charge in [-0.1, -0.05) is 5.21 Å². The molecule has 2 rings (SSSR count). The number of nitrogens with zero attached hydrogens (tertiary/aromatic N) is 3. The van der Waals surface area contributed by atoms with E-state index in [1.54, 1.807) is 4.68 Å². The standard InChI is InChI=1S/C13H23N3O5/c1-8-6-16(15-14-8)5-3-2-4-9-11(18)13(20)12(19)10(7-17)21-9/h6,9-13,17-20H,2-5,7H2,1H3. The fraction of sp³-hybridized carbons (Fsp3) is 0.846. The van der Waals surface area contributed by atoms with Gasteiger partial charge in [-0.05, 0) is 26.2 Å². The van der Waals surface area contributed by atoms with Crippen LogP contribution in [0.15, 0.2) is 6.20 Å². The van der Waals surface area contributed by atoms with E-state index in [0.717, 1.165) is 25.1 Å². The van der Waals surface area contributed by atoms with Crippen LogP contribution in [0, 0.1) is 6.92 Å². The molecule has 5 unspecified atom stereocenters. The third-order valence-corrected chi connectivity index (χ3v) is 3.77. The molecule has 1 aromatic heterocycles. The lowest BCUT2D eigenvalue weighted by Crippen LogP contribution is -2.58. The number of aliphatic hydroxyl groups excluding tert-OH is 4. The Morgan fingerprint density at radius 1 is 1.14 bits per heavy atom. The Balaban J connectivity index is 1.76. The molecule has 0 bridgehead atoms. The van der Waals surface area contributed by atoms with Crippen LogP contribution >= 0.6 is 0 Å². The molecule has 21 heavy (non-hydrogen) atoms. The van der Waals surface area contributed by atoms with Gasteiger partial charge in [0, 0.05) is 12.7 Å². The molecule has 1 aliphatic heterocycles. The number of aryl methyl sites for hydroxylation is 2. The predicted molar refractivity (Wildman–Crippen MR) is 72.4 cm³/mol. The first-order valence-electron chi connectivity index (χ1n) is 7.20. The first kappa shape index (κ1) is 16.3. The molecule has 8 heteroatoms. The number of rotatable bonds is 6. The second kappa shape index (κ2) is 7.28. The molecule has 0 aromatic carbocycles. The fourth-order valence-corrected chi connectivity index (χ4v) is 2.54. The zero-order chi connectivity index (χ0) is 15.4. The van der Waals surface area contributed by atoms with Crippen molar-refractivity contribution in [3.63, 3.8) is 0 Å². The Morgan fingerprint density at radius 2 is 1.86 bits per heavy atom. The maximum Gasteiger partial charge on any atom is 0.111 e. The van der Waals surface area contributed by atoms with Gasteiger partial charge in [0.15, 0.2) is 0 Å². The minimum absolute atomic E-state index is 0.389.